The molecule has 0 bridgehead atoms. The summed E-state index contributed by atoms with van der Waals surface area (Å²) in [6, 6.07) is 7.45. The van der Waals surface area contributed by atoms with Gasteiger partial charge in [0.1, 0.15) is 0 Å². The summed E-state index contributed by atoms with van der Waals surface area (Å²) in [5, 5.41) is 3.01. The molecular weight excluding hydrogens is 455 g/mol. The number of halogens is 1. The Morgan fingerprint density at radius 2 is 1.92 bits per heavy atom. The molecule has 142 valence electrons. The summed E-state index contributed by atoms with van der Waals surface area (Å²) in [6.07, 6.45) is 0.963. The van der Waals surface area contributed by atoms with E-state index in [1.54, 1.807) is 0 Å². The topological polar surface area (TPSA) is 97.0 Å². The summed E-state index contributed by atoms with van der Waals surface area (Å²) in [5.74, 6) is 0.351. The van der Waals surface area contributed by atoms with Crippen molar-refractivity contribution in [2.24, 2.45) is 10.7 Å². The summed E-state index contributed by atoms with van der Waals surface area (Å²) in [4.78, 5) is 4.29. The standard InChI is InChI=1S/C16H26N4O3S.HI/c1-2-7-18-16(17)19-12-14-5-3-4-6-15(14)13-24(21,22)20-8-10-23-11-9-20;/h3-6H,2,7-13H2,1H3,(H3,17,18,19);1H. The van der Waals surface area contributed by atoms with Crippen LogP contribution in [-0.2, 0) is 27.1 Å². The molecule has 0 radical (unpaired) electrons. The van der Waals surface area contributed by atoms with Crippen molar-refractivity contribution < 1.29 is 13.2 Å². The minimum absolute atomic E-state index is 0. The lowest BCUT2D eigenvalue weighted by atomic mass is 10.1. The van der Waals surface area contributed by atoms with Crippen LogP contribution in [0.1, 0.15) is 24.5 Å². The zero-order valence-electron chi connectivity index (χ0n) is 14.5. The SMILES string of the molecule is CCCNC(N)=NCc1ccccc1CS(=O)(=O)N1CCOCC1.I. The summed E-state index contributed by atoms with van der Waals surface area (Å²) < 4.78 is 31.9. The Balaban J connectivity index is 0.00000312. The van der Waals surface area contributed by atoms with Crippen LogP contribution in [0.5, 0.6) is 0 Å². The summed E-state index contributed by atoms with van der Waals surface area (Å²) in [6.45, 7) is 4.90. The molecule has 0 unspecified atom stereocenters. The van der Waals surface area contributed by atoms with E-state index in [0.717, 1.165) is 24.1 Å². The highest BCUT2D eigenvalue weighted by molar-refractivity contribution is 14.0. The Kier molecular flexibility index (Phi) is 9.69. The monoisotopic (exact) mass is 482 g/mol. The van der Waals surface area contributed by atoms with Crippen LogP contribution in [0.4, 0.5) is 0 Å². The number of guanidine groups is 1. The molecule has 3 N–H and O–H groups in total. The Hall–Kier alpha value is -0.910. The van der Waals surface area contributed by atoms with E-state index in [1.165, 1.54) is 4.31 Å². The fraction of sp³-hybridized carbons (Fsp3) is 0.562. The molecule has 0 spiro atoms. The van der Waals surface area contributed by atoms with E-state index >= 15 is 0 Å². The molecule has 1 fully saturated rings. The molecular formula is C16H27IN4O3S. The molecule has 1 heterocycles. The second-order valence-corrected chi connectivity index (χ2v) is 7.63. The quantitative estimate of drug-likeness (QED) is 0.347. The zero-order chi connectivity index (χ0) is 17.4. The number of nitrogens with two attached hydrogens (primary N) is 1. The first-order chi connectivity index (χ1) is 11.5. The van der Waals surface area contributed by atoms with Gasteiger partial charge >= 0.3 is 0 Å². The number of morpholine rings is 1. The van der Waals surface area contributed by atoms with E-state index in [2.05, 4.69) is 10.3 Å². The number of hydrogen-bond donors (Lipinski definition) is 2. The molecule has 0 saturated carbocycles. The van der Waals surface area contributed by atoms with E-state index in [4.69, 9.17) is 10.5 Å². The van der Waals surface area contributed by atoms with Gasteiger partial charge in [-0.1, -0.05) is 31.2 Å². The highest BCUT2D eigenvalue weighted by atomic mass is 127. The highest BCUT2D eigenvalue weighted by Gasteiger charge is 2.25. The lowest BCUT2D eigenvalue weighted by Gasteiger charge is -2.26. The largest absolute Gasteiger partial charge is 0.379 e. The van der Waals surface area contributed by atoms with Gasteiger partial charge in [0.25, 0.3) is 0 Å². The fourth-order valence-electron chi connectivity index (χ4n) is 2.44. The van der Waals surface area contributed by atoms with Crippen LogP contribution in [0, 0.1) is 0 Å². The summed E-state index contributed by atoms with van der Waals surface area (Å²) in [7, 11) is -3.35. The number of sulfonamides is 1. The lowest BCUT2D eigenvalue weighted by molar-refractivity contribution is 0.0729. The van der Waals surface area contributed by atoms with Crippen LogP contribution < -0.4 is 11.1 Å². The number of hydrogen-bond acceptors (Lipinski definition) is 4. The van der Waals surface area contributed by atoms with Gasteiger partial charge in [0, 0.05) is 19.6 Å². The first-order valence-corrected chi connectivity index (χ1v) is 9.80. The Morgan fingerprint density at radius 3 is 2.56 bits per heavy atom. The van der Waals surface area contributed by atoms with Crippen molar-refractivity contribution in [1.29, 1.82) is 0 Å². The van der Waals surface area contributed by atoms with Gasteiger partial charge < -0.3 is 15.8 Å². The fourth-order valence-corrected chi connectivity index (χ4v) is 4.01. The van der Waals surface area contributed by atoms with Gasteiger partial charge in [-0.25, -0.2) is 13.4 Å². The predicted octanol–water partition coefficient (Wildman–Crippen LogP) is 1.28. The number of nitrogens with zero attached hydrogens (tertiary/aromatic N) is 2. The minimum Gasteiger partial charge on any atom is -0.379 e. The number of aliphatic imine (C=N–C) groups is 1. The van der Waals surface area contributed by atoms with Crippen molar-refractivity contribution in [3.8, 4) is 0 Å². The Morgan fingerprint density at radius 1 is 1.28 bits per heavy atom. The first kappa shape index (κ1) is 22.1. The van der Waals surface area contributed by atoms with Crippen LogP contribution >= 0.6 is 24.0 Å². The molecule has 1 aromatic carbocycles. The predicted molar refractivity (Wildman–Crippen MR) is 110 cm³/mol. The maximum absolute atomic E-state index is 12.6. The third-order valence-corrected chi connectivity index (χ3v) is 5.62. The molecule has 0 amide bonds. The first-order valence-electron chi connectivity index (χ1n) is 8.19. The molecule has 25 heavy (non-hydrogen) atoms. The number of rotatable bonds is 7. The summed E-state index contributed by atoms with van der Waals surface area (Å²) >= 11 is 0. The Bertz CT molecular complexity index is 661. The third kappa shape index (κ3) is 7.08. The zero-order valence-corrected chi connectivity index (χ0v) is 17.6. The molecule has 0 aliphatic carbocycles. The molecule has 0 atom stereocenters. The van der Waals surface area contributed by atoms with Gasteiger partial charge in [0.15, 0.2) is 5.96 Å². The van der Waals surface area contributed by atoms with Gasteiger partial charge in [-0.2, -0.15) is 4.31 Å². The number of nitrogens with one attached hydrogen (secondary N) is 1. The van der Waals surface area contributed by atoms with Crippen LogP contribution in [0.2, 0.25) is 0 Å². The van der Waals surface area contributed by atoms with Crippen molar-refractivity contribution in [1.82, 2.24) is 9.62 Å². The lowest BCUT2D eigenvalue weighted by Crippen LogP contribution is -2.41. The highest BCUT2D eigenvalue weighted by Crippen LogP contribution is 2.17. The van der Waals surface area contributed by atoms with Crippen LogP contribution in [-0.4, -0.2) is 51.5 Å². The molecule has 1 aliphatic rings. The average molecular weight is 482 g/mol. The second-order valence-electron chi connectivity index (χ2n) is 5.66. The van der Waals surface area contributed by atoms with E-state index in [9.17, 15) is 8.42 Å². The van der Waals surface area contributed by atoms with E-state index in [0.29, 0.717) is 38.8 Å². The smallest absolute Gasteiger partial charge is 0.218 e. The van der Waals surface area contributed by atoms with Crippen molar-refractivity contribution in [3.63, 3.8) is 0 Å². The maximum Gasteiger partial charge on any atom is 0.218 e. The van der Waals surface area contributed by atoms with Crippen molar-refractivity contribution in [2.45, 2.75) is 25.6 Å². The molecule has 7 nitrogen and oxygen atoms in total. The van der Waals surface area contributed by atoms with Crippen molar-refractivity contribution in [2.75, 3.05) is 32.8 Å². The van der Waals surface area contributed by atoms with Gasteiger partial charge in [-0.3, -0.25) is 0 Å². The van der Waals surface area contributed by atoms with Crippen LogP contribution in [0.15, 0.2) is 29.3 Å². The van der Waals surface area contributed by atoms with E-state index < -0.39 is 10.0 Å². The normalized spacial score (nSPS) is 16.3. The van der Waals surface area contributed by atoms with Crippen molar-refractivity contribution >= 4 is 40.0 Å². The van der Waals surface area contributed by atoms with Gasteiger partial charge in [0.05, 0.1) is 25.5 Å². The third-order valence-electron chi connectivity index (χ3n) is 3.80. The molecule has 9 heteroatoms. The number of ether oxygens (including phenoxy) is 1. The van der Waals surface area contributed by atoms with Gasteiger partial charge in [-0.05, 0) is 17.5 Å². The summed E-state index contributed by atoms with van der Waals surface area (Å²) in [5.41, 5.74) is 7.43. The Labute approximate surface area is 167 Å². The number of benzene rings is 1. The van der Waals surface area contributed by atoms with Crippen molar-refractivity contribution in [3.05, 3.63) is 35.4 Å². The van der Waals surface area contributed by atoms with Gasteiger partial charge in [-0.15, -0.1) is 24.0 Å². The molecule has 1 saturated heterocycles. The van der Waals surface area contributed by atoms with Crippen LogP contribution in [0.25, 0.3) is 0 Å². The van der Waals surface area contributed by atoms with E-state index in [1.807, 2.05) is 31.2 Å². The van der Waals surface area contributed by atoms with E-state index in [-0.39, 0.29) is 29.7 Å². The second kappa shape index (κ2) is 10.9. The molecule has 1 aromatic rings. The molecule has 0 aromatic heterocycles. The molecule has 1 aliphatic heterocycles. The average Bonchev–Trinajstić information content (AvgIpc) is 2.59. The van der Waals surface area contributed by atoms with Gasteiger partial charge in [0.2, 0.25) is 10.0 Å². The molecule has 2 rings (SSSR count). The maximum atomic E-state index is 12.6. The minimum atomic E-state index is -3.35. The van der Waals surface area contributed by atoms with Crippen LogP contribution in [0.3, 0.4) is 0 Å².